The van der Waals surface area contributed by atoms with E-state index in [1.807, 2.05) is 19.9 Å². The van der Waals surface area contributed by atoms with Gasteiger partial charge < -0.3 is 5.32 Å². The molecule has 0 saturated heterocycles. The molecule has 0 unspecified atom stereocenters. The number of nitro groups is 1. The molecule has 8 heteroatoms. The van der Waals surface area contributed by atoms with Gasteiger partial charge in [-0.05, 0) is 38.1 Å². The molecule has 7 nitrogen and oxygen atoms in total. The molecule has 1 N–H and O–H groups in total. The molecule has 0 aliphatic rings. The number of nitrogens with one attached hydrogen (secondary N) is 1. The summed E-state index contributed by atoms with van der Waals surface area (Å²) in [6.07, 6.45) is 0. The van der Waals surface area contributed by atoms with Gasteiger partial charge >= 0.3 is 0 Å². The van der Waals surface area contributed by atoms with Crippen LogP contribution in [-0.4, -0.2) is 20.6 Å². The SMILES string of the molecule is Cc1cc(NC(=O)c2ccc(C)s2)n(-c2ccc([N+](=O)[O-])cc2)n1. The summed E-state index contributed by atoms with van der Waals surface area (Å²) < 4.78 is 1.55. The van der Waals surface area contributed by atoms with E-state index in [0.29, 0.717) is 16.4 Å². The maximum atomic E-state index is 12.3. The van der Waals surface area contributed by atoms with Crippen LogP contribution in [0.3, 0.4) is 0 Å². The number of aryl methyl sites for hydroxylation is 2. The van der Waals surface area contributed by atoms with Crippen LogP contribution < -0.4 is 5.32 Å². The molecule has 0 radical (unpaired) electrons. The number of anilines is 1. The van der Waals surface area contributed by atoms with Gasteiger partial charge in [-0.15, -0.1) is 11.3 Å². The molecule has 1 amide bonds. The summed E-state index contributed by atoms with van der Waals surface area (Å²) in [6.45, 7) is 3.75. The van der Waals surface area contributed by atoms with Gasteiger partial charge in [0.05, 0.1) is 21.2 Å². The van der Waals surface area contributed by atoms with Gasteiger partial charge in [-0.2, -0.15) is 5.10 Å². The minimum atomic E-state index is -0.458. The molecule has 24 heavy (non-hydrogen) atoms. The number of nitro benzene ring substituents is 1. The van der Waals surface area contributed by atoms with Crippen LogP contribution in [0.5, 0.6) is 0 Å². The Morgan fingerprint density at radius 3 is 2.50 bits per heavy atom. The van der Waals surface area contributed by atoms with Crippen molar-refractivity contribution in [3.8, 4) is 5.69 Å². The molecule has 0 aliphatic carbocycles. The zero-order chi connectivity index (χ0) is 17.3. The highest BCUT2D eigenvalue weighted by Gasteiger charge is 2.14. The Hall–Kier alpha value is -3.00. The first-order valence-electron chi connectivity index (χ1n) is 7.13. The fourth-order valence-electron chi connectivity index (χ4n) is 2.24. The van der Waals surface area contributed by atoms with Crippen molar-refractivity contribution < 1.29 is 9.72 Å². The summed E-state index contributed by atoms with van der Waals surface area (Å²) in [5.41, 5.74) is 1.36. The second-order valence-electron chi connectivity index (χ2n) is 5.22. The Labute approximate surface area is 141 Å². The lowest BCUT2D eigenvalue weighted by atomic mass is 10.3. The number of hydrogen-bond donors (Lipinski definition) is 1. The highest BCUT2D eigenvalue weighted by Crippen LogP contribution is 2.22. The van der Waals surface area contributed by atoms with E-state index in [1.165, 1.54) is 23.5 Å². The normalized spacial score (nSPS) is 10.6. The molecule has 0 aliphatic heterocycles. The number of rotatable bonds is 4. The first-order valence-corrected chi connectivity index (χ1v) is 7.95. The van der Waals surface area contributed by atoms with Gasteiger partial charge in [0.25, 0.3) is 11.6 Å². The van der Waals surface area contributed by atoms with E-state index in [9.17, 15) is 14.9 Å². The molecule has 2 heterocycles. The van der Waals surface area contributed by atoms with Crippen LogP contribution in [0, 0.1) is 24.0 Å². The lowest BCUT2D eigenvalue weighted by molar-refractivity contribution is -0.384. The highest BCUT2D eigenvalue weighted by molar-refractivity contribution is 7.14. The van der Waals surface area contributed by atoms with Gasteiger partial charge in [-0.25, -0.2) is 4.68 Å². The predicted molar refractivity (Wildman–Crippen MR) is 92.0 cm³/mol. The molecule has 3 aromatic rings. The van der Waals surface area contributed by atoms with Crippen molar-refractivity contribution in [1.29, 1.82) is 0 Å². The number of benzene rings is 1. The molecule has 122 valence electrons. The van der Waals surface area contributed by atoms with Crippen molar-refractivity contribution in [3.05, 3.63) is 68.0 Å². The molecule has 0 fully saturated rings. The lowest BCUT2D eigenvalue weighted by Gasteiger charge is -2.08. The summed E-state index contributed by atoms with van der Waals surface area (Å²) in [4.78, 5) is 24.3. The van der Waals surface area contributed by atoms with Crippen LogP contribution in [0.25, 0.3) is 5.69 Å². The molecule has 0 spiro atoms. The molecule has 2 aromatic heterocycles. The zero-order valence-corrected chi connectivity index (χ0v) is 13.8. The maximum absolute atomic E-state index is 12.3. The topological polar surface area (TPSA) is 90.1 Å². The van der Waals surface area contributed by atoms with Crippen LogP contribution in [-0.2, 0) is 0 Å². The Bertz CT molecular complexity index is 912. The minimum absolute atomic E-state index is 0.00211. The number of aromatic nitrogens is 2. The van der Waals surface area contributed by atoms with E-state index < -0.39 is 4.92 Å². The number of nitrogens with zero attached hydrogens (tertiary/aromatic N) is 3. The number of carbonyl (C=O) groups excluding carboxylic acids is 1. The largest absolute Gasteiger partial charge is 0.306 e. The molecule has 0 atom stereocenters. The average Bonchev–Trinajstić information content (AvgIpc) is 3.13. The summed E-state index contributed by atoms with van der Waals surface area (Å²) >= 11 is 1.41. The molecule has 1 aromatic carbocycles. The monoisotopic (exact) mass is 342 g/mol. The van der Waals surface area contributed by atoms with Gasteiger partial charge in [-0.1, -0.05) is 0 Å². The zero-order valence-electron chi connectivity index (χ0n) is 13.0. The number of non-ortho nitro benzene ring substituents is 1. The Balaban J connectivity index is 1.90. The third kappa shape index (κ3) is 3.18. The predicted octanol–water partition coefficient (Wildman–Crippen LogP) is 3.71. The summed E-state index contributed by atoms with van der Waals surface area (Å²) in [6, 6.07) is 11.4. The first-order chi connectivity index (χ1) is 11.4. The number of amides is 1. The van der Waals surface area contributed by atoms with E-state index in [4.69, 9.17) is 0 Å². The quantitative estimate of drug-likeness (QED) is 0.578. The Morgan fingerprint density at radius 1 is 1.21 bits per heavy atom. The van der Waals surface area contributed by atoms with Crippen molar-refractivity contribution in [1.82, 2.24) is 9.78 Å². The van der Waals surface area contributed by atoms with Gasteiger partial charge in [-0.3, -0.25) is 14.9 Å². The summed E-state index contributed by atoms with van der Waals surface area (Å²) in [5.74, 6) is 0.300. The number of hydrogen-bond acceptors (Lipinski definition) is 5. The molecule has 0 bridgehead atoms. The van der Waals surface area contributed by atoms with Crippen molar-refractivity contribution in [2.75, 3.05) is 5.32 Å². The third-order valence-electron chi connectivity index (χ3n) is 3.34. The highest BCUT2D eigenvalue weighted by atomic mass is 32.1. The van der Waals surface area contributed by atoms with E-state index in [1.54, 1.807) is 28.9 Å². The van der Waals surface area contributed by atoms with E-state index in [2.05, 4.69) is 10.4 Å². The van der Waals surface area contributed by atoms with Crippen LogP contribution in [0.15, 0.2) is 42.5 Å². The van der Waals surface area contributed by atoms with Crippen LogP contribution in [0.2, 0.25) is 0 Å². The second kappa shape index (κ2) is 6.25. The number of thiophene rings is 1. The Kier molecular flexibility index (Phi) is 4.13. The van der Waals surface area contributed by atoms with Gasteiger partial charge in [0.1, 0.15) is 5.82 Å². The average molecular weight is 342 g/mol. The van der Waals surface area contributed by atoms with E-state index in [-0.39, 0.29) is 11.6 Å². The summed E-state index contributed by atoms with van der Waals surface area (Å²) in [7, 11) is 0. The van der Waals surface area contributed by atoms with Gasteiger partial charge in [0.2, 0.25) is 0 Å². The van der Waals surface area contributed by atoms with Crippen LogP contribution >= 0.6 is 11.3 Å². The van der Waals surface area contributed by atoms with Gasteiger partial charge in [0, 0.05) is 23.1 Å². The molecule has 3 rings (SSSR count). The van der Waals surface area contributed by atoms with E-state index in [0.717, 1.165) is 10.6 Å². The molecular formula is C16H14N4O3S. The van der Waals surface area contributed by atoms with Crippen LogP contribution in [0.1, 0.15) is 20.2 Å². The third-order valence-corrected chi connectivity index (χ3v) is 4.34. The van der Waals surface area contributed by atoms with Crippen LogP contribution in [0.4, 0.5) is 11.5 Å². The smallest absolute Gasteiger partial charge is 0.269 e. The fraction of sp³-hybridized carbons (Fsp3) is 0.125. The van der Waals surface area contributed by atoms with Crippen molar-refractivity contribution in [3.63, 3.8) is 0 Å². The van der Waals surface area contributed by atoms with E-state index >= 15 is 0 Å². The standard InChI is InChI=1S/C16H14N4O3S/c1-10-9-15(17-16(21)14-8-3-11(2)24-14)19(18-10)12-4-6-13(7-5-12)20(22)23/h3-9H,1-2H3,(H,17,21). The second-order valence-corrected chi connectivity index (χ2v) is 6.51. The number of carbonyl (C=O) groups is 1. The van der Waals surface area contributed by atoms with Crippen molar-refractivity contribution in [2.24, 2.45) is 0 Å². The lowest BCUT2D eigenvalue weighted by Crippen LogP contribution is -2.13. The fourth-order valence-corrected chi connectivity index (χ4v) is 3.00. The minimum Gasteiger partial charge on any atom is -0.306 e. The molecule has 0 saturated carbocycles. The summed E-state index contributed by atoms with van der Waals surface area (Å²) in [5, 5.41) is 17.9. The first kappa shape index (κ1) is 15.9. The Morgan fingerprint density at radius 2 is 1.92 bits per heavy atom. The van der Waals surface area contributed by atoms with Crippen molar-refractivity contribution in [2.45, 2.75) is 13.8 Å². The van der Waals surface area contributed by atoms with Crippen molar-refractivity contribution >= 4 is 28.7 Å². The van der Waals surface area contributed by atoms with Gasteiger partial charge in [0.15, 0.2) is 0 Å². The maximum Gasteiger partial charge on any atom is 0.269 e. The molecular weight excluding hydrogens is 328 g/mol.